The van der Waals surface area contributed by atoms with Gasteiger partial charge in [-0.1, -0.05) is 0 Å². The van der Waals surface area contributed by atoms with E-state index in [4.69, 9.17) is 14.2 Å². The monoisotopic (exact) mass is 502 g/mol. The Kier molecular flexibility index (Phi) is 7.76. The summed E-state index contributed by atoms with van der Waals surface area (Å²) in [6.45, 7) is 6.09. The molecule has 1 N–H and O–H groups in total. The first-order valence-corrected chi connectivity index (χ1v) is 9.99. The molecule has 3 aliphatic rings. The first-order chi connectivity index (χ1) is 13.3. The molecule has 1 unspecified atom stereocenters. The zero-order chi connectivity index (χ0) is 18.5. The summed E-state index contributed by atoms with van der Waals surface area (Å²) in [6, 6.07) is 4.04. The maximum absolute atomic E-state index is 6.02. The molecule has 8 heteroatoms. The Balaban J connectivity index is 0.00000225. The molecule has 0 saturated carbocycles. The molecule has 3 aliphatic heterocycles. The van der Waals surface area contributed by atoms with Crippen LogP contribution in [0.15, 0.2) is 23.3 Å². The Bertz CT molecular complexity index is 661. The maximum atomic E-state index is 6.02. The van der Waals surface area contributed by atoms with Crippen molar-refractivity contribution >= 4 is 29.9 Å². The van der Waals surface area contributed by atoms with E-state index in [0.29, 0.717) is 17.8 Å². The van der Waals surface area contributed by atoms with E-state index in [1.165, 1.54) is 6.42 Å². The number of pyridine rings is 1. The average Bonchev–Trinajstić information content (AvgIpc) is 3.34. The van der Waals surface area contributed by atoms with Gasteiger partial charge in [0.05, 0.1) is 19.8 Å². The highest BCUT2D eigenvalue weighted by molar-refractivity contribution is 14.0. The van der Waals surface area contributed by atoms with E-state index in [1.54, 1.807) is 0 Å². The zero-order valence-electron chi connectivity index (χ0n) is 16.6. The van der Waals surface area contributed by atoms with Gasteiger partial charge < -0.3 is 24.4 Å². The van der Waals surface area contributed by atoms with E-state index in [1.807, 2.05) is 25.4 Å². The summed E-state index contributed by atoms with van der Waals surface area (Å²) in [4.78, 5) is 11.2. The van der Waals surface area contributed by atoms with Crippen LogP contribution in [-0.4, -0.2) is 68.5 Å². The van der Waals surface area contributed by atoms with Gasteiger partial charge in [0.1, 0.15) is 6.10 Å². The summed E-state index contributed by atoms with van der Waals surface area (Å²) in [5.74, 6) is 1.65. The van der Waals surface area contributed by atoms with Gasteiger partial charge in [-0.05, 0) is 24.5 Å². The van der Waals surface area contributed by atoms with Gasteiger partial charge in [-0.2, -0.15) is 0 Å². The third-order valence-electron chi connectivity index (χ3n) is 5.84. The summed E-state index contributed by atoms with van der Waals surface area (Å²) in [6.07, 6.45) is 6.23. The van der Waals surface area contributed by atoms with Gasteiger partial charge in [0.15, 0.2) is 5.96 Å². The molecule has 0 amide bonds. The molecule has 4 heterocycles. The topological polar surface area (TPSA) is 68.2 Å². The zero-order valence-corrected chi connectivity index (χ0v) is 18.9. The minimum absolute atomic E-state index is 0. The van der Waals surface area contributed by atoms with Crippen molar-refractivity contribution < 1.29 is 14.2 Å². The van der Waals surface area contributed by atoms with E-state index in [9.17, 15) is 0 Å². The smallest absolute Gasteiger partial charge is 0.213 e. The molecule has 0 aliphatic carbocycles. The van der Waals surface area contributed by atoms with Crippen molar-refractivity contribution in [3.05, 3.63) is 23.9 Å². The maximum Gasteiger partial charge on any atom is 0.213 e. The summed E-state index contributed by atoms with van der Waals surface area (Å²) < 4.78 is 17.0. The number of halogens is 1. The first-order valence-electron chi connectivity index (χ1n) is 9.99. The van der Waals surface area contributed by atoms with Crippen molar-refractivity contribution in [3.63, 3.8) is 0 Å². The van der Waals surface area contributed by atoms with Crippen LogP contribution < -0.4 is 10.1 Å². The van der Waals surface area contributed by atoms with Crippen LogP contribution in [0.1, 0.15) is 31.2 Å². The van der Waals surface area contributed by atoms with Gasteiger partial charge in [0.25, 0.3) is 0 Å². The predicted octanol–water partition coefficient (Wildman–Crippen LogP) is 2.45. The predicted molar refractivity (Wildman–Crippen MR) is 118 cm³/mol. The third-order valence-corrected chi connectivity index (χ3v) is 5.84. The fourth-order valence-corrected chi connectivity index (χ4v) is 4.19. The number of hydrogen-bond acceptors (Lipinski definition) is 5. The fourth-order valence-electron chi connectivity index (χ4n) is 4.19. The standard InChI is InChI=1S/C20H30N4O3.HI/c1-21-19(24-8-5-20(14-24)6-11-26-15-20)23-13-16-2-7-22-18(12-16)27-17-3-9-25-10-4-17;/h2,7,12,17H,3-6,8-11,13-15H2,1H3,(H,21,23);1H. The van der Waals surface area contributed by atoms with Crippen LogP contribution in [0.4, 0.5) is 0 Å². The molecule has 1 aromatic heterocycles. The summed E-state index contributed by atoms with van der Waals surface area (Å²) in [5, 5.41) is 3.50. The molecule has 1 aromatic rings. The Labute approximate surface area is 184 Å². The van der Waals surface area contributed by atoms with E-state index >= 15 is 0 Å². The third kappa shape index (κ3) is 5.27. The second kappa shape index (κ2) is 10.1. The second-order valence-corrected chi connectivity index (χ2v) is 7.81. The van der Waals surface area contributed by atoms with Gasteiger partial charge in [0, 0.05) is 63.8 Å². The van der Waals surface area contributed by atoms with Gasteiger partial charge >= 0.3 is 0 Å². The van der Waals surface area contributed by atoms with Crippen molar-refractivity contribution in [2.45, 2.75) is 38.3 Å². The molecular weight excluding hydrogens is 471 g/mol. The summed E-state index contributed by atoms with van der Waals surface area (Å²) >= 11 is 0. The van der Waals surface area contributed by atoms with E-state index in [-0.39, 0.29) is 30.1 Å². The Morgan fingerprint density at radius 1 is 1.32 bits per heavy atom. The number of aliphatic imine (C=N–C) groups is 1. The highest BCUT2D eigenvalue weighted by Crippen LogP contribution is 2.38. The van der Waals surface area contributed by atoms with Gasteiger partial charge in [-0.15, -0.1) is 24.0 Å². The highest BCUT2D eigenvalue weighted by Gasteiger charge is 2.42. The molecule has 1 atom stereocenters. The number of rotatable bonds is 4. The van der Waals surface area contributed by atoms with E-state index in [2.05, 4.69) is 20.2 Å². The normalized spacial score (nSPS) is 25.8. The van der Waals surface area contributed by atoms with Gasteiger partial charge in [0.2, 0.25) is 5.88 Å². The van der Waals surface area contributed by atoms with Crippen LogP contribution in [0.2, 0.25) is 0 Å². The number of nitrogens with one attached hydrogen (secondary N) is 1. The van der Waals surface area contributed by atoms with Crippen LogP contribution in [0.25, 0.3) is 0 Å². The molecule has 0 aromatic carbocycles. The van der Waals surface area contributed by atoms with Crippen molar-refractivity contribution in [2.75, 3.05) is 46.6 Å². The molecular formula is C20H31IN4O3. The van der Waals surface area contributed by atoms with Crippen LogP contribution >= 0.6 is 24.0 Å². The number of ether oxygens (including phenoxy) is 3. The Morgan fingerprint density at radius 3 is 2.93 bits per heavy atom. The number of guanidine groups is 1. The van der Waals surface area contributed by atoms with Gasteiger partial charge in [-0.25, -0.2) is 4.98 Å². The SMILES string of the molecule is CN=C(NCc1ccnc(OC2CCOCC2)c1)N1CCC2(CCOC2)C1.I. The van der Waals surface area contributed by atoms with Crippen molar-refractivity contribution in [1.82, 2.24) is 15.2 Å². The molecule has 3 saturated heterocycles. The molecule has 3 fully saturated rings. The molecule has 0 bridgehead atoms. The number of hydrogen-bond donors (Lipinski definition) is 1. The minimum Gasteiger partial charge on any atom is -0.474 e. The average molecular weight is 502 g/mol. The van der Waals surface area contributed by atoms with Crippen LogP contribution in [-0.2, 0) is 16.0 Å². The van der Waals surface area contributed by atoms with Gasteiger partial charge in [-0.3, -0.25) is 4.99 Å². The number of aromatic nitrogens is 1. The van der Waals surface area contributed by atoms with Crippen molar-refractivity contribution in [2.24, 2.45) is 10.4 Å². The van der Waals surface area contributed by atoms with Crippen molar-refractivity contribution in [1.29, 1.82) is 0 Å². The Morgan fingerprint density at radius 2 is 2.18 bits per heavy atom. The van der Waals surface area contributed by atoms with E-state index in [0.717, 1.165) is 70.3 Å². The number of likely N-dealkylation sites (tertiary alicyclic amines) is 1. The quantitative estimate of drug-likeness (QED) is 0.388. The van der Waals surface area contributed by atoms with Crippen molar-refractivity contribution in [3.8, 4) is 5.88 Å². The van der Waals surface area contributed by atoms with Crippen LogP contribution in [0.5, 0.6) is 5.88 Å². The number of nitrogens with zero attached hydrogens (tertiary/aromatic N) is 3. The largest absolute Gasteiger partial charge is 0.474 e. The molecule has 28 heavy (non-hydrogen) atoms. The first kappa shape index (κ1) is 21.6. The highest BCUT2D eigenvalue weighted by atomic mass is 127. The lowest BCUT2D eigenvalue weighted by Crippen LogP contribution is -2.41. The van der Waals surface area contributed by atoms with Crippen LogP contribution in [0, 0.1) is 5.41 Å². The lowest BCUT2D eigenvalue weighted by Gasteiger charge is -2.25. The lowest BCUT2D eigenvalue weighted by atomic mass is 9.87. The van der Waals surface area contributed by atoms with E-state index < -0.39 is 0 Å². The molecule has 1 spiro atoms. The van der Waals surface area contributed by atoms with Crippen LogP contribution in [0.3, 0.4) is 0 Å². The molecule has 7 nitrogen and oxygen atoms in total. The summed E-state index contributed by atoms with van der Waals surface area (Å²) in [7, 11) is 1.85. The Hall–Kier alpha value is -1.13. The molecule has 0 radical (unpaired) electrons. The minimum atomic E-state index is 0. The molecule has 4 rings (SSSR count). The molecule has 156 valence electrons. The lowest BCUT2D eigenvalue weighted by molar-refractivity contribution is 0.0237. The summed E-state index contributed by atoms with van der Waals surface area (Å²) in [5.41, 5.74) is 1.48. The fraction of sp³-hybridized carbons (Fsp3) is 0.700. The second-order valence-electron chi connectivity index (χ2n) is 7.81.